The van der Waals surface area contributed by atoms with Crippen LogP contribution < -0.4 is 5.32 Å². The number of H-pyrrole nitrogens is 1. The summed E-state index contributed by atoms with van der Waals surface area (Å²) >= 11 is 0. The quantitative estimate of drug-likeness (QED) is 0.773. The average molecular weight is 222 g/mol. The van der Waals surface area contributed by atoms with Crippen molar-refractivity contribution in [1.29, 1.82) is 0 Å². The highest BCUT2D eigenvalue weighted by atomic mass is 15.2. The van der Waals surface area contributed by atoms with E-state index < -0.39 is 0 Å². The van der Waals surface area contributed by atoms with Gasteiger partial charge >= 0.3 is 0 Å². The van der Waals surface area contributed by atoms with Crippen molar-refractivity contribution in [2.45, 2.75) is 51.5 Å². The van der Waals surface area contributed by atoms with E-state index in [9.17, 15) is 0 Å². The van der Waals surface area contributed by atoms with Crippen LogP contribution >= 0.6 is 0 Å². The summed E-state index contributed by atoms with van der Waals surface area (Å²) in [5, 5.41) is 10.3. The molecular weight excluding hydrogens is 200 g/mol. The molecule has 0 amide bonds. The number of nitrogens with zero attached hydrogens (tertiary/aromatic N) is 2. The van der Waals surface area contributed by atoms with E-state index in [-0.39, 0.29) is 0 Å². The third-order valence-electron chi connectivity index (χ3n) is 3.48. The number of hydrogen-bond donors (Lipinski definition) is 2. The van der Waals surface area contributed by atoms with Gasteiger partial charge in [0.25, 0.3) is 0 Å². The minimum atomic E-state index is 0.631. The van der Waals surface area contributed by atoms with Gasteiger partial charge in [-0.15, -0.1) is 0 Å². The van der Waals surface area contributed by atoms with E-state index in [1.807, 2.05) is 0 Å². The molecule has 1 fully saturated rings. The Bertz CT molecular complexity index is 277. The van der Waals surface area contributed by atoms with Gasteiger partial charge in [0, 0.05) is 19.0 Å². The number of rotatable bonds is 6. The van der Waals surface area contributed by atoms with Crippen LogP contribution in [0.15, 0.2) is 6.33 Å². The highest BCUT2D eigenvalue weighted by Crippen LogP contribution is 2.28. The summed E-state index contributed by atoms with van der Waals surface area (Å²) in [4.78, 5) is 4.11. The molecule has 1 atom stereocenters. The topological polar surface area (TPSA) is 53.6 Å². The molecule has 0 aromatic carbocycles. The van der Waals surface area contributed by atoms with Crippen LogP contribution in [0.4, 0.5) is 0 Å². The van der Waals surface area contributed by atoms with Crippen molar-refractivity contribution in [1.82, 2.24) is 20.5 Å². The lowest BCUT2D eigenvalue weighted by Crippen LogP contribution is -2.29. The standard InChI is InChI=1S/C12H22N4/c1-10(8-11-4-2-3-5-11)13-7-6-12-14-9-15-16-12/h9-11,13H,2-8H2,1H3,(H,14,15,16). The van der Waals surface area contributed by atoms with Gasteiger partial charge in [0.2, 0.25) is 0 Å². The van der Waals surface area contributed by atoms with Gasteiger partial charge in [-0.25, -0.2) is 4.98 Å². The van der Waals surface area contributed by atoms with Crippen LogP contribution in [0, 0.1) is 5.92 Å². The largest absolute Gasteiger partial charge is 0.314 e. The minimum absolute atomic E-state index is 0.631. The summed E-state index contributed by atoms with van der Waals surface area (Å²) < 4.78 is 0. The van der Waals surface area contributed by atoms with Crippen LogP contribution in [0.3, 0.4) is 0 Å². The van der Waals surface area contributed by atoms with Crippen molar-refractivity contribution in [3.63, 3.8) is 0 Å². The number of aromatic amines is 1. The van der Waals surface area contributed by atoms with Gasteiger partial charge in [-0.05, 0) is 19.3 Å². The Balaban J connectivity index is 1.58. The average Bonchev–Trinajstić information content (AvgIpc) is 2.90. The van der Waals surface area contributed by atoms with Gasteiger partial charge in [0.05, 0.1) is 0 Å². The smallest absolute Gasteiger partial charge is 0.137 e. The number of hydrogen-bond acceptors (Lipinski definition) is 3. The summed E-state index contributed by atoms with van der Waals surface area (Å²) in [6.45, 7) is 3.28. The van der Waals surface area contributed by atoms with E-state index in [0.717, 1.165) is 24.7 Å². The molecule has 1 aromatic heterocycles. The number of aromatic nitrogens is 3. The first-order valence-corrected chi connectivity index (χ1v) is 6.42. The Morgan fingerprint density at radius 2 is 2.31 bits per heavy atom. The van der Waals surface area contributed by atoms with Crippen molar-refractivity contribution in [3.05, 3.63) is 12.2 Å². The molecule has 2 N–H and O–H groups in total. The van der Waals surface area contributed by atoms with Crippen LogP contribution in [0.5, 0.6) is 0 Å². The SMILES string of the molecule is CC(CC1CCCC1)NCCc1ncn[nH]1. The summed E-state index contributed by atoms with van der Waals surface area (Å²) in [6, 6.07) is 0.631. The second kappa shape index (κ2) is 5.99. The van der Waals surface area contributed by atoms with Crippen molar-refractivity contribution < 1.29 is 0 Å². The van der Waals surface area contributed by atoms with Crippen molar-refractivity contribution in [3.8, 4) is 0 Å². The predicted molar refractivity (Wildman–Crippen MR) is 64.1 cm³/mol. The molecule has 4 heteroatoms. The van der Waals surface area contributed by atoms with Gasteiger partial charge in [0.1, 0.15) is 12.2 Å². The molecule has 1 aliphatic carbocycles. The Labute approximate surface area is 97.2 Å². The second-order valence-electron chi connectivity index (χ2n) is 4.92. The fraction of sp³-hybridized carbons (Fsp3) is 0.833. The van der Waals surface area contributed by atoms with Gasteiger partial charge < -0.3 is 5.32 Å². The van der Waals surface area contributed by atoms with Gasteiger partial charge in [-0.3, -0.25) is 5.10 Å². The summed E-state index contributed by atoms with van der Waals surface area (Å²) in [6.07, 6.45) is 9.59. The first kappa shape index (κ1) is 11.6. The fourth-order valence-electron chi connectivity index (χ4n) is 2.62. The summed E-state index contributed by atoms with van der Waals surface area (Å²) in [7, 11) is 0. The zero-order chi connectivity index (χ0) is 11.2. The second-order valence-corrected chi connectivity index (χ2v) is 4.92. The van der Waals surface area contributed by atoms with E-state index in [2.05, 4.69) is 27.4 Å². The number of nitrogens with one attached hydrogen (secondary N) is 2. The van der Waals surface area contributed by atoms with E-state index in [1.54, 1.807) is 6.33 Å². The highest BCUT2D eigenvalue weighted by molar-refractivity contribution is 4.81. The molecule has 0 aliphatic heterocycles. The summed E-state index contributed by atoms with van der Waals surface area (Å²) in [5.74, 6) is 1.94. The monoisotopic (exact) mass is 222 g/mol. The lowest BCUT2D eigenvalue weighted by molar-refractivity contribution is 0.406. The lowest BCUT2D eigenvalue weighted by Gasteiger charge is -2.17. The molecule has 0 bridgehead atoms. The van der Waals surface area contributed by atoms with E-state index >= 15 is 0 Å². The molecule has 2 rings (SSSR count). The third-order valence-corrected chi connectivity index (χ3v) is 3.48. The molecule has 0 spiro atoms. The van der Waals surface area contributed by atoms with Crippen LogP contribution in [0.25, 0.3) is 0 Å². The first-order chi connectivity index (χ1) is 7.84. The Hall–Kier alpha value is -0.900. The van der Waals surface area contributed by atoms with Crippen molar-refractivity contribution in [2.24, 2.45) is 5.92 Å². The molecule has 16 heavy (non-hydrogen) atoms. The molecule has 0 saturated heterocycles. The van der Waals surface area contributed by atoms with E-state index in [0.29, 0.717) is 6.04 Å². The van der Waals surface area contributed by atoms with Crippen molar-refractivity contribution >= 4 is 0 Å². The van der Waals surface area contributed by atoms with Crippen LogP contribution in [0.1, 0.15) is 44.9 Å². The minimum Gasteiger partial charge on any atom is -0.314 e. The van der Waals surface area contributed by atoms with Gasteiger partial charge in [-0.2, -0.15) is 5.10 Å². The zero-order valence-corrected chi connectivity index (χ0v) is 10.1. The maximum atomic E-state index is 4.11. The normalized spacial score (nSPS) is 19.1. The molecule has 1 heterocycles. The molecular formula is C12H22N4. The maximum Gasteiger partial charge on any atom is 0.137 e. The van der Waals surface area contributed by atoms with Crippen LogP contribution in [0.2, 0.25) is 0 Å². The molecule has 1 unspecified atom stereocenters. The van der Waals surface area contributed by atoms with E-state index in [1.165, 1.54) is 32.1 Å². The molecule has 0 radical (unpaired) electrons. The molecule has 1 aliphatic rings. The Kier molecular flexibility index (Phi) is 4.34. The van der Waals surface area contributed by atoms with Crippen molar-refractivity contribution in [2.75, 3.05) is 6.54 Å². The molecule has 90 valence electrons. The third kappa shape index (κ3) is 3.59. The predicted octanol–water partition coefficient (Wildman–Crippen LogP) is 1.91. The first-order valence-electron chi connectivity index (χ1n) is 6.42. The Morgan fingerprint density at radius 1 is 1.50 bits per heavy atom. The van der Waals surface area contributed by atoms with E-state index in [4.69, 9.17) is 0 Å². The molecule has 1 saturated carbocycles. The molecule has 4 nitrogen and oxygen atoms in total. The fourth-order valence-corrected chi connectivity index (χ4v) is 2.62. The van der Waals surface area contributed by atoms with Crippen LogP contribution in [-0.4, -0.2) is 27.8 Å². The highest BCUT2D eigenvalue weighted by Gasteiger charge is 2.17. The Morgan fingerprint density at radius 3 is 3.00 bits per heavy atom. The maximum absolute atomic E-state index is 4.11. The van der Waals surface area contributed by atoms with Gasteiger partial charge in [0.15, 0.2) is 0 Å². The van der Waals surface area contributed by atoms with Gasteiger partial charge in [-0.1, -0.05) is 25.7 Å². The summed E-state index contributed by atoms with van der Waals surface area (Å²) in [5.41, 5.74) is 0. The van der Waals surface area contributed by atoms with Crippen LogP contribution in [-0.2, 0) is 6.42 Å². The molecule has 1 aromatic rings. The zero-order valence-electron chi connectivity index (χ0n) is 10.1. The lowest BCUT2D eigenvalue weighted by atomic mass is 9.99.